The van der Waals surface area contributed by atoms with E-state index in [4.69, 9.17) is 0 Å². The third-order valence-corrected chi connectivity index (χ3v) is 10.1. The Hall–Kier alpha value is -2.23. The molecule has 1 aliphatic heterocycles. The second-order valence-corrected chi connectivity index (χ2v) is 12.3. The molecule has 9 heteroatoms. The molecule has 2 unspecified atom stereocenters. The summed E-state index contributed by atoms with van der Waals surface area (Å²) in [5, 5.41) is 6.16. The van der Waals surface area contributed by atoms with Crippen LogP contribution in [0.25, 0.3) is 0 Å². The Morgan fingerprint density at radius 1 is 1.12 bits per heavy atom. The van der Waals surface area contributed by atoms with E-state index >= 15 is 0 Å². The Balaban J connectivity index is 1.56. The minimum Gasteiger partial charge on any atom is -0.355 e. The number of carbonyl (C=O) groups is 2. The van der Waals surface area contributed by atoms with Crippen LogP contribution in [0.1, 0.15) is 77.1 Å². The van der Waals surface area contributed by atoms with Gasteiger partial charge in [0, 0.05) is 30.1 Å². The van der Waals surface area contributed by atoms with Gasteiger partial charge in [-0.3, -0.25) is 9.59 Å². The van der Waals surface area contributed by atoms with Crippen molar-refractivity contribution in [3.8, 4) is 0 Å². The molecule has 0 bridgehead atoms. The van der Waals surface area contributed by atoms with Crippen molar-refractivity contribution in [3.63, 3.8) is 0 Å². The number of benzene rings is 1. The van der Waals surface area contributed by atoms with Crippen molar-refractivity contribution < 1.29 is 18.0 Å². The van der Waals surface area contributed by atoms with E-state index in [1.165, 1.54) is 23.5 Å². The number of amides is 2. The van der Waals surface area contributed by atoms with Crippen LogP contribution in [0.3, 0.4) is 0 Å². The fraction of sp³-hybridized carbons (Fsp3) is 0.520. The van der Waals surface area contributed by atoms with Gasteiger partial charge in [0.05, 0.1) is 10.5 Å². The molecule has 1 aliphatic carbocycles. The summed E-state index contributed by atoms with van der Waals surface area (Å²) in [4.78, 5) is 27.0. The molecule has 7 nitrogen and oxygen atoms in total. The molecule has 0 radical (unpaired) electrons. The summed E-state index contributed by atoms with van der Waals surface area (Å²) in [6, 6.07) is 6.13. The zero-order chi connectivity index (χ0) is 24.5. The van der Waals surface area contributed by atoms with Gasteiger partial charge in [-0.05, 0) is 74.3 Å². The first-order valence-corrected chi connectivity index (χ1v) is 14.3. The van der Waals surface area contributed by atoms with Crippen LogP contribution in [0.2, 0.25) is 0 Å². The second-order valence-electron chi connectivity index (χ2n) is 9.29. The zero-order valence-electron chi connectivity index (χ0n) is 20.0. The van der Waals surface area contributed by atoms with E-state index in [-0.39, 0.29) is 22.8 Å². The lowest BCUT2D eigenvalue weighted by molar-refractivity contribution is 0.0963. The SMILES string of the molecule is CCC1CCCCN1S(=O)(=O)c1ccc(C(=O)Nc2sc3c(c2C(=O)NC)CCC(C)C3)cc1. The Morgan fingerprint density at radius 2 is 1.85 bits per heavy atom. The second kappa shape index (κ2) is 10.2. The third kappa shape index (κ3) is 4.78. The normalized spacial score (nSPS) is 21.0. The van der Waals surface area contributed by atoms with Gasteiger partial charge >= 0.3 is 0 Å². The topological polar surface area (TPSA) is 95.6 Å². The quantitative estimate of drug-likeness (QED) is 0.609. The number of fused-ring (bicyclic) bond motifs is 1. The van der Waals surface area contributed by atoms with Crippen LogP contribution in [0.5, 0.6) is 0 Å². The third-order valence-electron chi connectivity index (χ3n) is 6.96. The minimum absolute atomic E-state index is 0.0254. The van der Waals surface area contributed by atoms with Crippen LogP contribution < -0.4 is 10.6 Å². The van der Waals surface area contributed by atoms with Gasteiger partial charge in [0.1, 0.15) is 5.00 Å². The van der Waals surface area contributed by atoms with Crippen molar-refractivity contribution in [3.05, 3.63) is 45.8 Å². The van der Waals surface area contributed by atoms with Gasteiger partial charge in [0.15, 0.2) is 0 Å². The molecule has 2 heterocycles. The number of hydrogen-bond donors (Lipinski definition) is 2. The first-order valence-electron chi connectivity index (χ1n) is 12.1. The highest BCUT2D eigenvalue weighted by Gasteiger charge is 2.33. The minimum atomic E-state index is -3.60. The van der Waals surface area contributed by atoms with Crippen LogP contribution in [-0.2, 0) is 22.9 Å². The Kier molecular flexibility index (Phi) is 7.45. The summed E-state index contributed by atoms with van der Waals surface area (Å²) in [6.45, 7) is 4.75. The average molecular weight is 504 g/mol. The molecule has 2 N–H and O–H groups in total. The van der Waals surface area contributed by atoms with Crippen molar-refractivity contribution in [1.29, 1.82) is 0 Å². The molecule has 2 amide bonds. The van der Waals surface area contributed by atoms with Crippen molar-refractivity contribution in [2.45, 2.75) is 69.7 Å². The van der Waals surface area contributed by atoms with E-state index in [1.807, 2.05) is 6.92 Å². The molecule has 184 valence electrons. The number of piperidine rings is 1. The van der Waals surface area contributed by atoms with Gasteiger partial charge in [0.2, 0.25) is 10.0 Å². The lowest BCUT2D eigenvalue weighted by atomic mass is 9.88. The predicted molar refractivity (Wildman–Crippen MR) is 135 cm³/mol. The molecular formula is C25H33N3O4S2. The molecule has 2 aromatic rings. The largest absolute Gasteiger partial charge is 0.355 e. The average Bonchev–Trinajstić information content (AvgIpc) is 3.20. The van der Waals surface area contributed by atoms with Crippen LogP contribution in [0, 0.1) is 5.92 Å². The molecule has 34 heavy (non-hydrogen) atoms. The van der Waals surface area contributed by atoms with Gasteiger partial charge in [-0.1, -0.05) is 20.3 Å². The highest BCUT2D eigenvalue weighted by molar-refractivity contribution is 7.89. The lowest BCUT2D eigenvalue weighted by Gasteiger charge is -2.34. The highest BCUT2D eigenvalue weighted by atomic mass is 32.2. The van der Waals surface area contributed by atoms with Crippen molar-refractivity contribution in [2.75, 3.05) is 18.9 Å². The van der Waals surface area contributed by atoms with Crippen LogP contribution in [-0.4, -0.2) is 44.2 Å². The van der Waals surface area contributed by atoms with E-state index in [0.717, 1.165) is 55.4 Å². The monoisotopic (exact) mass is 503 g/mol. The van der Waals surface area contributed by atoms with Crippen molar-refractivity contribution in [1.82, 2.24) is 9.62 Å². The molecule has 1 fully saturated rings. The Labute approximate surface area is 206 Å². The maximum Gasteiger partial charge on any atom is 0.256 e. The number of carbonyl (C=O) groups excluding carboxylic acids is 2. The van der Waals surface area contributed by atoms with Gasteiger partial charge in [-0.25, -0.2) is 8.42 Å². The molecule has 1 saturated heterocycles. The number of nitrogens with zero attached hydrogens (tertiary/aromatic N) is 1. The first kappa shape index (κ1) is 24.9. The first-order chi connectivity index (χ1) is 16.3. The predicted octanol–water partition coefficient (Wildman–Crippen LogP) is 4.44. The lowest BCUT2D eigenvalue weighted by Crippen LogP contribution is -2.43. The standard InChI is InChI=1S/C25H33N3O4S2/c1-4-18-7-5-6-14-28(18)34(31,32)19-11-9-17(10-12-19)23(29)27-25-22(24(30)26-3)20-13-8-16(2)15-21(20)33-25/h9-12,16,18H,4-8,13-15H2,1-3H3,(H,26,30)(H,27,29). The summed E-state index contributed by atoms with van der Waals surface area (Å²) in [6.07, 6.45) is 6.34. The van der Waals surface area contributed by atoms with Crippen molar-refractivity contribution in [2.24, 2.45) is 5.92 Å². The summed E-state index contributed by atoms with van der Waals surface area (Å²) in [7, 11) is -2.01. The van der Waals surface area contributed by atoms with Crippen molar-refractivity contribution >= 4 is 38.2 Å². The van der Waals surface area contributed by atoms with Crippen LogP contribution >= 0.6 is 11.3 Å². The summed E-state index contributed by atoms with van der Waals surface area (Å²) >= 11 is 1.47. The number of anilines is 1. The summed E-state index contributed by atoms with van der Waals surface area (Å²) < 4.78 is 28.0. The molecule has 1 aromatic heterocycles. The molecule has 4 rings (SSSR count). The smallest absolute Gasteiger partial charge is 0.256 e. The zero-order valence-corrected chi connectivity index (χ0v) is 21.7. The number of sulfonamides is 1. The molecule has 2 aliphatic rings. The fourth-order valence-corrected chi connectivity index (χ4v) is 8.16. The van der Waals surface area contributed by atoms with Gasteiger partial charge in [0.25, 0.3) is 11.8 Å². The fourth-order valence-electron chi connectivity index (χ4n) is 4.99. The van der Waals surface area contributed by atoms with Gasteiger partial charge in [-0.2, -0.15) is 4.31 Å². The van der Waals surface area contributed by atoms with E-state index in [2.05, 4.69) is 17.6 Å². The molecule has 1 aromatic carbocycles. The number of nitrogens with one attached hydrogen (secondary N) is 2. The van der Waals surface area contributed by atoms with Gasteiger partial charge in [-0.15, -0.1) is 11.3 Å². The Morgan fingerprint density at radius 3 is 2.53 bits per heavy atom. The molecule has 0 spiro atoms. The van der Waals surface area contributed by atoms with Gasteiger partial charge < -0.3 is 10.6 Å². The van der Waals surface area contributed by atoms with E-state index < -0.39 is 10.0 Å². The number of thiophene rings is 1. The van der Waals surface area contributed by atoms with E-state index in [1.54, 1.807) is 23.5 Å². The maximum atomic E-state index is 13.2. The van der Waals surface area contributed by atoms with Crippen LogP contribution in [0.15, 0.2) is 29.2 Å². The Bertz CT molecular complexity index is 1170. The number of rotatable bonds is 6. The highest BCUT2D eigenvalue weighted by Crippen LogP contribution is 2.40. The number of hydrogen-bond acceptors (Lipinski definition) is 5. The molecule has 2 atom stereocenters. The summed E-state index contributed by atoms with van der Waals surface area (Å²) in [5.74, 6) is -0.00472. The van der Waals surface area contributed by atoms with E-state index in [9.17, 15) is 18.0 Å². The molecule has 0 saturated carbocycles. The maximum absolute atomic E-state index is 13.2. The molecular weight excluding hydrogens is 470 g/mol. The van der Waals surface area contributed by atoms with Crippen LogP contribution in [0.4, 0.5) is 5.00 Å². The van der Waals surface area contributed by atoms with E-state index in [0.29, 0.717) is 28.6 Å². The summed E-state index contributed by atoms with van der Waals surface area (Å²) in [5.41, 5.74) is 1.94.